The molecule has 0 aliphatic heterocycles. The second-order valence-corrected chi connectivity index (χ2v) is 6.33. The molecule has 2 rings (SSSR count). The summed E-state index contributed by atoms with van der Waals surface area (Å²) in [6.45, 7) is 3.22. The molecule has 2 N–H and O–H groups in total. The highest BCUT2D eigenvalue weighted by Gasteiger charge is 2.13. The van der Waals surface area contributed by atoms with Gasteiger partial charge in [0.2, 0.25) is 0 Å². The molecular weight excluding hydrogens is 306 g/mol. The van der Waals surface area contributed by atoms with Crippen molar-refractivity contribution in [1.29, 1.82) is 0 Å². The van der Waals surface area contributed by atoms with Crippen LogP contribution in [0.15, 0.2) is 24.3 Å². The number of thiophene rings is 1. The highest BCUT2D eigenvalue weighted by atomic mass is 35.5. The maximum absolute atomic E-state index is 6.10. The summed E-state index contributed by atoms with van der Waals surface area (Å²) in [7, 11) is 1.62. The van der Waals surface area contributed by atoms with E-state index in [1.165, 1.54) is 9.75 Å². The zero-order valence-electron chi connectivity index (χ0n) is 12.3. The lowest BCUT2D eigenvalue weighted by Crippen LogP contribution is -2.06. The Bertz CT molecular complexity index is 598. The topological polar surface area (TPSA) is 44.5 Å². The summed E-state index contributed by atoms with van der Waals surface area (Å²) in [5.74, 6) is 1.39. The molecule has 0 spiro atoms. The van der Waals surface area contributed by atoms with Crippen molar-refractivity contribution in [3.05, 3.63) is 44.6 Å². The fourth-order valence-corrected chi connectivity index (χ4v) is 3.21. The van der Waals surface area contributed by atoms with Gasteiger partial charge in [0, 0.05) is 26.4 Å². The van der Waals surface area contributed by atoms with Gasteiger partial charge in [-0.2, -0.15) is 0 Å². The molecule has 1 heterocycles. The minimum Gasteiger partial charge on any atom is -0.493 e. The Hall–Kier alpha value is -1.23. The first-order valence-electron chi connectivity index (χ1n) is 6.94. The van der Waals surface area contributed by atoms with E-state index >= 15 is 0 Å². The van der Waals surface area contributed by atoms with E-state index in [1.807, 2.05) is 6.07 Å². The lowest BCUT2D eigenvalue weighted by molar-refractivity contribution is 0.284. The second-order valence-electron chi connectivity index (χ2n) is 4.65. The smallest absolute Gasteiger partial charge is 0.165 e. The largest absolute Gasteiger partial charge is 0.493 e. The van der Waals surface area contributed by atoms with Crippen molar-refractivity contribution in [3.8, 4) is 11.5 Å². The predicted molar refractivity (Wildman–Crippen MR) is 88.8 cm³/mol. The van der Waals surface area contributed by atoms with E-state index in [9.17, 15) is 0 Å². The number of rotatable bonds is 7. The zero-order chi connectivity index (χ0) is 15.2. The molecule has 0 amide bonds. The van der Waals surface area contributed by atoms with Crippen molar-refractivity contribution in [2.24, 2.45) is 5.73 Å². The van der Waals surface area contributed by atoms with E-state index in [2.05, 4.69) is 19.1 Å². The summed E-state index contributed by atoms with van der Waals surface area (Å²) in [5, 5.41) is 0.632. The summed E-state index contributed by atoms with van der Waals surface area (Å²) < 4.78 is 11.4. The third-order valence-corrected chi connectivity index (χ3v) is 4.58. The number of hydrogen-bond donors (Lipinski definition) is 1. The summed E-state index contributed by atoms with van der Waals surface area (Å²) in [5.41, 5.74) is 6.64. The van der Waals surface area contributed by atoms with Crippen LogP contribution in [0.5, 0.6) is 11.5 Å². The van der Waals surface area contributed by atoms with Crippen LogP contribution in [0.25, 0.3) is 0 Å². The average Bonchev–Trinajstić information content (AvgIpc) is 2.94. The van der Waals surface area contributed by atoms with Gasteiger partial charge in [0.15, 0.2) is 11.5 Å². The van der Waals surface area contributed by atoms with Crippen molar-refractivity contribution in [2.75, 3.05) is 13.7 Å². The quantitative estimate of drug-likeness (QED) is 0.835. The van der Waals surface area contributed by atoms with Gasteiger partial charge in [0.05, 0.1) is 7.11 Å². The van der Waals surface area contributed by atoms with Crippen LogP contribution in [0.1, 0.15) is 22.2 Å². The van der Waals surface area contributed by atoms with E-state index in [0.717, 1.165) is 17.7 Å². The second kappa shape index (κ2) is 7.69. The summed E-state index contributed by atoms with van der Waals surface area (Å²) in [4.78, 5) is 2.56. The highest BCUT2D eigenvalue weighted by Crippen LogP contribution is 2.35. The zero-order valence-corrected chi connectivity index (χ0v) is 13.9. The summed E-state index contributed by atoms with van der Waals surface area (Å²) in [6.07, 6.45) is 1.75. The van der Waals surface area contributed by atoms with Gasteiger partial charge in [-0.3, -0.25) is 0 Å². The normalized spacial score (nSPS) is 10.7. The Kier molecular flexibility index (Phi) is 5.91. The lowest BCUT2D eigenvalue weighted by atomic mass is 10.1. The number of ether oxygens (including phenoxy) is 2. The summed E-state index contributed by atoms with van der Waals surface area (Å²) >= 11 is 7.87. The van der Waals surface area contributed by atoms with Crippen LogP contribution in [0.2, 0.25) is 5.02 Å². The molecule has 1 aromatic heterocycles. The molecule has 2 aromatic rings. The monoisotopic (exact) mass is 325 g/mol. The van der Waals surface area contributed by atoms with E-state index in [4.69, 9.17) is 26.8 Å². The van der Waals surface area contributed by atoms with Gasteiger partial charge in [-0.1, -0.05) is 18.5 Å². The minimum absolute atomic E-state index is 0.528. The molecule has 1 aromatic carbocycles. The fourth-order valence-electron chi connectivity index (χ4n) is 2.11. The van der Waals surface area contributed by atoms with Gasteiger partial charge in [0.1, 0.15) is 6.61 Å². The first-order chi connectivity index (χ1) is 10.2. The van der Waals surface area contributed by atoms with Crippen molar-refractivity contribution in [2.45, 2.75) is 26.4 Å². The molecule has 5 heteroatoms. The van der Waals surface area contributed by atoms with Crippen LogP contribution in [0.3, 0.4) is 0 Å². The molecule has 0 radical (unpaired) electrons. The standard InChI is InChI=1S/C16H20ClNO2S/c1-3-13-4-5-14(21-13)10-20-16-11(6-7-18)8-12(17)9-15(16)19-2/h4-5,8-9H,3,6-7,10,18H2,1-2H3. The van der Waals surface area contributed by atoms with E-state index in [1.54, 1.807) is 24.5 Å². The SMILES string of the molecule is CCc1ccc(COc2c(CCN)cc(Cl)cc2OC)s1. The molecule has 0 saturated carbocycles. The van der Waals surface area contributed by atoms with E-state index in [0.29, 0.717) is 30.3 Å². The molecule has 0 fully saturated rings. The predicted octanol–water partition coefficient (Wildman–Crippen LogP) is 4.05. The minimum atomic E-state index is 0.528. The first-order valence-corrected chi connectivity index (χ1v) is 8.14. The van der Waals surface area contributed by atoms with E-state index < -0.39 is 0 Å². The fraction of sp³-hybridized carbons (Fsp3) is 0.375. The Labute approximate surface area is 134 Å². The van der Waals surface area contributed by atoms with Crippen LogP contribution < -0.4 is 15.2 Å². The number of benzene rings is 1. The van der Waals surface area contributed by atoms with Crippen LogP contribution in [-0.2, 0) is 19.4 Å². The molecule has 0 saturated heterocycles. The number of nitrogens with two attached hydrogens (primary N) is 1. The lowest BCUT2D eigenvalue weighted by Gasteiger charge is -2.15. The van der Waals surface area contributed by atoms with Crippen molar-refractivity contribution in [3.63, 3.8) is 0 Å². The van der Waals surface area contributed by atoms with Gasteiger partial charge >= 0.3 is 0 Å². The summed E-state index contributed by atoms with van der Waals surface area (Å²) in [6, 6.07) is 7.90. The van der Waals surface area contributed by atoms with Gasteiger partial charge in [-0.25, -0.2) is 0 Å². The Morgan fingerprint density at radius 2 is 2.00 bits per heavy atom. The molecule has 0 atom stereocenters. The molecule has 0 aliphatic rings. The van der Waals surface area contributed by atoms with Crippen LogP contribution in [-0.4, -0.2) is 13.7 Å². The number of halogens is 1. The maximum Gasteiger partial charge on any atom is 0.165 e. The van der Waals surface area contributed by atoms with E-state index in [-0.39, 0.29) is 0 Å². The van der Waals surface area contributed by atoms with Crippen molar-refractivity contribution < 1.29 is 9.47 Å². The number of aryl methyl sites for hydroxylation is 1. The van der Waals surface area contributed by atoms with Crippen LogP contribution >= 0.6 is 22.9 Å². The molecule has 0 aliphatic carbocycles. The van der Waals surface area contributed by atoms with Gasteiger partial charge in [-0.05, 0) is 37.6 Å². The molecule has 3 nitrogen and oxygen atoms in total. The van der Waals surface area contributed by atoms with Crippen molar-refractivity contribution >= 4 is 22.9 Å². The first kappa shape index (κ1) is 16.1. The van der Waals surface area contributed by atoms with Crippen LogP contribution in [0.4, 0.5) is 0 Å². The maximum atomic E-state index is 6.10. The molecular formula is C16H20ClNO2S. The Morgan fingerprint density at radius 3 is 2.62 bits per heavy atom. The average molecular weight is 326 g/mol. The number of hydrogen-bond acceptors (Lipinski definition) is 4. The Morgan fingerprint density at radius 1 is 1.24 bits per heavy atom. The van der Waals surface area contributed by atoms with Gasteiger partial charge < -0.3 is 15.2 Å². The number of methoxy groups -OCH3 is 1. The third-order valence-electron chi connectivity index (χ3n) is 3.15. The third kappa shape index (κ3) is 4.13. The van der Waals surface area contributed by atoms with Gasteiger partial charge in [0.25, 0.3) is 0 Å². The molecule has 0 unspecified atom stereocenters. The molecule has 21 heavy (non-hydrogen) atoms. The molecule has 0 bridgehead atoms. The van der Waals surface area contributed by atoms with Crippen LogP contribution in [0, 0.1) is 0 Å². The van der Waals surface area contributed by atoms with Gasteiger partial charge in [-0.15, -0.1) is 11.3 Å². The molecule has 114 valence electrons. The van der Waals surface area contributed by atoms with Crippen molar-refractivity contribution in [1.82, 2.24) is 0 Å². The highest BCUT2D eigenvalue weighted by molar-refractivity contribution is 7.11. The Balaban J connectivity index is 2.20.